The van der Waals surface area contributed by atoms with Crippen molar-refractivity contribution in [2.75, 3.05) is 33.1 Å². The van der Waals surface area contributed by atoms with E-state index in [0.29, 0.717) is 12.3 Å². The number of amides is 1. The average molecular weight is 307 g/mol. The van der Waals surface area contributed by atoms with E-state index in [2.05, 4.69) is 10.6 Å². The molecule has 1 rings (SSSR count). The maximum absolute atomic E-state index is 13.6. The molecule has 5 nitrogen and oxygen atoms in total. The smallest absolute Gasteiger partial charge is 0.228 e. The van der Waals surface area contributed by atoms with Gasteiger partial charge in [0, 0.05) is 24.6 Å². The highest BCUT2D eigenvalue weighted by molar-refractivity contribution is 5.94. The summed E-state index contributed by atoms with van der Waals surface area (Å²) in [6.45, 7) is 2.31. The Bertz CT molecular complexity index is 457. The summed E-state index contributed by atoms with van der Waals surface area (Å²) in [6.07, 6.45) is 0. The minimum Gasteiger partial charge on any atom is -0.494 e. The maximum Gasteiger partial charge on any atom is 0.228 e. The summed E-state index contributed by atoms with van der Waals surface area (Å²) in [4.78, 5) is 11.9. The van der Waals surface area contributed by atoms with Crippen LogP contribution < -0.4 is 20.1 Å². The molecular weight excluding hydrogens is 287 g/mol. The molecule has 0 bridgehead atoms. The fourth-order valence-electron chi connectivity index (χ4n) is 1.61. The molecule has 0 radical (unpaired) electrons. The maximum atomic E-state index is 13.6. The second-order valence-corrected chi connectivity index (χ2v) is 4.14. The van der Waals surface area contributed by atoms with E-state index >= 15 is 0 Å². The third-order valence-corrected chi connectivity index (χ3v) is 2.69. The Morgan fingerprint density at radius 3 is 2.40 bits per heavy atom. The molecule has 0 saturated carbocycles. The predicted molar refractivity (Wildman–Crippen MR) is 78.5 cm³/mol. The molecule has 7 heteroatoms. The molecule has 0 aromatic heterocycles. The van der Waals surface area contributed by atoms with E-state index in [4.69, 9.17) is 9.47 Å². The molecule has 1 aromatic rings. The van der Waals surface area contributed by atoms with Crippen molar-refractivity contribution in [3.8, 4) is 11.5 Å². The molecule has 1 unspecified atom stereocenters. The van der Waals surface area contributed by atoms with Crippen LogP contribution in [0.5, 0.6) is 11.5 Å². The van der Waals surface area contributed by atoms with Crippen molar-refractivity contribution in [3.63, 3.8) is 0 Å². The normalized spacial score (nSPS) is 11.2. The van der Waals surface area contributed by atoms with Gasteiger partial charge in [-0.05, 0) is 7.05 Å². The number of nitrogens with one attached hydrogen (secondary N) is 2. The van der Waals surface area contributed by atoms with Crippen LogP contribution in [0.15, 0.2) is 12.1 Å². The predicted octanol–water partition coefficient (Wildman–Crippen LogP) is 2.06. The Kier molecular flexibility index (Phi) is 7.94. The Morgan fingerprint density at radius 1 is 1.30 bits per heavy atom. The molecule has 1 amide bonds. The molecular formula is C13H20ClFN2O3. The highest BCUT2D eigenvalue weighted by Gasteiger charge is 2.16. The molecule has 0 aliphatic heterocycles. The topological polar surface area (TPSA) is 59.6 Å². The molecule has 0 spiro atoms. The van der Waals surface area contributed by atoms with Gasteiger partial charge in [0.1, 0.15) is 5.75 Å². The first-order chi connectivity index (χ1) is 9.03. The lowest BCUT2D eigenvalue weighted by atomic mass is 10.1. The zero-order chi connectivity index (χ0) is 14.4. The molecule has 2 N–H and O–H groups in total. The summed E-state index contributed by atoms with van der Waals surface area (Å²) in [5.41, 5.74) is 0.286. The van der Waals surface area contributed by atoms with Crippen molar-refractivity contribution in [3.05, 3.63) is 17.9 Å². The van der Waals surface area contributed by atoms with Crippen LogP contribution in [0.25, 0.3) is 0 Å². The number of carbonyl (C=O) groups is 1. The zero-order valence-corrected chi connectivity index (χ0v) is 12.8. The van der Waals surface area contributed by atoms with Crippen molar-refractivity contribution in [2.45, 2.75) is 6.92 Å². The SMILES string of the molecule is CNCC(C)C(=O)Nc1cc(F)c(OC)cc1OC.Cl. The van der Waals surface area contributed by atoms with Gasteiger partial charge in [0.05, 0.1) is 19.9 Å². The molecule has 114 valence electrons. The van der Waals surface area contributed by atoms with Crippen LogP contribution >= 0.6 is 12.4 Å². The average Bonchev–Trinajstić information content (AvgIpc) is 2.39. The number of methoxy groups -OCH3 is 2. The molecule has 0 heterocycles. The summed E-state index contributed by atoms with van der Waals surface area (Å²) in [7, 11) is 4.57. The summed E-state index contributed by atoms with van der Waals surface area (Å²) in [5.74, 6) is -0.585. The Hall–Kier alpha value is -1.53. The van der Waals surface area contributed by atoms with Gasteiger partial charge in [-0.25, -0.2) is 4.39 Å². The van der Waals surface area contributed by atoms with E-state index in [1.54, 1.807) is 14.0 Å². The highest BCUT2D eigenvalue weighted by atomic mass is 35.5. The number of carbonyl (C=O) groups excluding carboxylic acids is 1. The van der Waals surface area contributed by atoms with E-state index in [-0.39, 0.29) is 35.7 Å². The van der Waals surface area contributed by atoms with Gasteiger partial charge in [-0.2, -0.15) is 0 Å². The summed E-state index contributed by atoms with van der Waals surface area (Å²) in [6, 6.07) is 2.58. The molecule has 0 aliphatic carbocycles. The number of rotatable bonds is 6. The number of hydrogen-bond donors (Lipinski definition) is 2. The van der Waals surface area contributed by atoms with Crippen LogP contribution in [0.3, 0.4) is 0 Å². The van der Waals surface area contributed by atoms with Crippen LogP contribution in [-0.2, 0) is 4.79 Å². The first kappa shape index (κ1) is 18.5. The van der Waals surface area contributed by atoms with Crippen LogP contribution in [0.1, 0.15) is 6.92 Å². The lowest BCUT2D eigenvalue weighted by molar-refractivity contribution is -0.119. The summed E-state index contributed by atoms with van der Waals surface area (Å²) < 4.78 is 23.6. The largest absolute Gasteiger partial charge is 0.494 e. The summed E-state index contributed by atoms with van der Waals surface area (Å²) in [5, 5.41) is 5.54. The third kappa shape index (κ3) is 4.54. The zero-order valence-electron chi connectivity index (χ0n) is 12.0. The number of halogens is 2. The van der Waals surface area contributed by atoms with Gasteiger partial charge >= 0.3 is 0 Å². The van der Waals surface area contributed by atoms with Gasteiger partial charge in [0.2, 0.25) is 5.91 Å². The lowest BCUT2D eigenvalue weighted by Crippen LogP contribution is -2.28. The van der Waals surface area contributed by atoms with Gasteiger partial charge in [0.25, 0.3) is 0 Å². The quantitative estimate of drug-likeness (QED) is 0.844. The number of benzene rings is 1. The number of ether oxygens (including phenoxy) is 2. The summed E-state index contributed by atoms with van der Waals surface area (Å²) >= 11 is 0. The highest BCUT2D eigenvalue weighted by Crippen LogP contribution is 2.32. The molecule has 1 aromatic carbocycles. The second-order valence-electron chi connectivity index (χ2n) is 4.14. The minimum atomic E-state index is -0.556. The Morgan fingerprint density at radius 2 is 1.90 bits per heavy atom. The van der Waals surface area contributed by atoms with Crippen molar-refractivity contribution in [2.24, 2.45) is 5.92 Å². The van der Waals surface area contributed by atoms with Crippen LogP contribution in [0, 0.1) is 11.7 Å². The lowest BCUT2D eigenvalue weighted by Gasteiger charge is -2.15. The van der Waals surface area contributed by atoms with Gasteiger partial charge in [-0.15, -0.1) is 12.4 Å². The van der Waals surface area contributed by atoms with E-state index < -0.39 is 5.82 Å². The van der Waals surface area contributed by atoms with E-state index in [0.717, 1.165) is 0 Å². The van der Waals surface area contributed by atoms with E-state index in [1.165, 1.54) is 26.4 Å². The molecule has 20 heavy (non-hydrogen) atoms. The van der Waals surface area contributed by atoms with Gasteiger partial charge < -0.3 is 20.1 Å². The van der Waals surface area contributed by atoms with Crippen molar-refractivity contribution >= 4 is 24.0 Å². The first-order valence-electron chi connectivity index (χ1n) is 5.90. The van der Waals surface area contributed by atoms with Gasteiger partial charge in [-0.3, -0.25) is 4.79 Å². The minimum absolute atomic E-state index is 0. The second kappa shape index (κ2) is 8.60. The molecule has 0 fully saturated rings. The van der Waals surface area contributed by atoms with Crippen LogP contribution in [0.2, 0.25) is 0 Å². The van der Waals surface area contributed by atoms with Gasteiger partial charge in [-0.1, -0.05) is 6.92 Å². The Labute approximate surface area is 124 Å². The fourth-order valence-corrected chi connectivity index (χ4v) is 1.61. The van der Waals surface area contributed by atoms with Crippen LogP contribution in [0.4, 0.5) is 10.1 Å². The monoisotopic (exact) mass is 306 g/mol. The third-order valence-electron chi connectivity index (χ3n) is 2.69. The first-order valence-corrected chi connectivity index (χ1v) is 5.90. The fraction of sp³-hybridized carbons (Fsp3) is 0.462. The van der Waals surface area contributed by atoms with Gasteiger partial charge in [0.15, 0.2) is 11.6 Å². The van der Waals surface area contributed by atoms with E-state index in [9.17, 15) is 9.18 Å². The van der Waals surface area contributed by atoms with E-state index in [1.807, 2.05) is 0 Å². The standard InChI is InChI=1S/C13H19FN2O3.ClH/c1-8(7-15-2)13(17)16-10-5-9(14)11(18-3)6-12(10)19-4;/h5-6,8,15H,7H2,1-4H3,(H,16,17);1H. The number of anilines is 1. The van der Waals surface area contributed by atoms with Crippen molar-refractivity contribution < 1.29 is 18.7 Å². The van der Waals surface area contributed by atoms with Crippen LogP contribution in [-0.4, -0.2) is 33.7 Å². The molecule has 0 saturated heterocycles. The molecule has 0 aliphatic rings. The van der Waals surface area contributed by atoms with Crippen molar-refractivity contribution in [1.29, 1.82) is 0 Å². The molecule has 1 atom stereocenters. The number of hydrogen-bond acceptors (Lipinski definition) is 4. The Balaban J connectivity index is 0.00000361. The van der Waals surface area contributed by atoms with Crippen molar-refractivity contribution in [1.82, 2.24) is 5.32 Å².